The summed E-state index contributed by atoms with van der Waals surface area (Å²) < 4.78 is 5.01. The number of aliphatic hydroxyl groups is 1. The van der Waals surface area contributed by atoms with Gasteiger partial charge < -0.3 is 14.8 Å². The average molecular weight is 292 g/mol. The highest BCUT2D eigenvalue weighted by Crippen LogP contribution is 2.24. The molecule has 1 aliphatic rings. The first kappa shape index (κ1) is 13.3. The van der Waals surface area contributed by atoms with E-state index in [2.05, 4.69) is 10.3 Å². The standard InChI is InChI=1S/C14H16N2O3S/c17-11-3-1-10(2-4-11)15-13(18)12-8-20-14(16-12)9-5-6-19-7-9/h5-8,10-11,17H,1-4H2,(H,15,18). The molecule has 0 saturated heterocycles. The number of amides is 1. The van der Waals surface area contributed by atoms with E-state index in [1.165, 1.54) is 11.3 Å². The van der Waals surface area contributed by atoms with Crippen LogP contribution in [0, 0.1) is 0 Å². The van der Waals surface area contributed by atoms with Gasteiger partial charge in [0.2, 0.25) is 0 Å². The Hall–Kier alpha value is -1.66. The third-order valence-corrected chi connectivity index (χ3v) is 4.43. The van der Waals surface area contributed by atoms with E-state index in [9.17, 15) is 9.90 Å². The second-order valence-corrected chi connectivity index (χ2v) is 5.89. The van der Waals surface area contributed by atoms with Crippen LogP contribution in [0.5, 0.6) is 0 Å². The van der Waals surface area contributed by atoms with Crippen LogP contribution in [0.4, 0.5) is 0 Å². The molecule has 0 aliphatic heterocycles. The molecule has 6 heteroatoms. The molecule has 2 aromatic heterocycles. The number of hydrogen-bond acceptors (Lipinski definition) is 5. The SMILES string of the molecule is O=C(NC1CCC(O)CC1)c1csc(-c2ccoc2)n1. The quantitative estimate of drug-likeness (QED) is 0.911. The Balaban J connectivity index is 1.63. The van der Waals surface area contributed by atoms with Crippen molar-refractivity contribution in [3.63, 3.8) is 0 Å². The predicted octanol–water partition coefficient (Wildman–Crippen LogP) is 2.44. The van der Waals surface area contributed by atoms with E-state index < -0.39 is 0 Å². The first-order valence-electron chi connectivity index (χ1n) is 6.69. The lowest BCUT2D eigenvalue weighted by atomic mass is 9.93. The summed E-state index contributed by atoms with van der Waals surface area (Å²) in [5, 5.41) is 15.0. The van der Waals surface area contributed by atoms with Crippen LogP contribution in [-0.2, 0) is 0 Å². The Labute approximate surface area is 120 Å². The molecule has 3 rings (SSSR count). The lowest BCUT2D eigenvalue weighted by Crippen LogP contribution is -2.38. The van der Waals surface area contributed by atoms with Crippen molar-refractivity contribution in [3.8, 4) is 10.6 Å². The molecule has 2 aromatic rings. The number of thiazole rings is 1. The molecule has 0 aromatic carbocycles. The molecule has 0 radical (unpaired) electrons. The number of aliphatic hydroxyl groups excluding tert-OH is 1. The fraction of sp³-hybridized carbons (Fsp3) is 0.429. The summed E-state index contributed by atoms with van der Waals surface area (Å²) in [5.41, 5.74) is 1.33. The molecular formula is C14H16N2O3S. The maximum absolute atomic E-state index is 12.1. The monoisotopic (exact) mass is 292 g/mol. The van der Waals surface area contributed by atoms with Crippen LogP contribution < -0.4 is 5.32 Å². The fourth-order valence-corrected chi connectivity index (χ4v) is 3.16. The fourth-order valence-electron chi connectivity index (χ4n) is 2.38. The van der Waals surface area contributed by atoms with E-state index in [4.69, 9.17) is 4.42 Å². The van der Waals surface area contributed by atoms with E-state index in [-0.39, 0.29) is 18.1 Å². The molecule has 1 saturated carbocycles. The van der Waals surface area contributed by atoms with Crippen LogP contribution in [0.25, 0.3) is 10.6 Å². The minimum absolute atomic E-state index is 0.141. The van der Waals surface area contributed by atoms with Crippen molar-refractivity contribution in [2.45, 2.75) is 37.8 Å². The maximum atomic E-state index is 12.1. The average Bonchev–Trinajstić information content (AvgIpc) is 3.11. The van der Waals surface area contributed by atoms with E-state index in [0.29, 0.717) is 5.69 Å². The first-order valence-corrected chi connectivity index (χ1v) is 7.57. The van der Waals surface area contributed by atoms with Crippen LogP contribution in [0.15, 0.2) is 28.4 Å². The van der Waals surface area contributed by atoms with Gasteiger partial charge in [-0.3, -0.25) is 4.79 Å². The summed E-state index contributed by atoms with van der Waals surface area (Å²) in [7, 11) is 0. The number of hydrogen-bond donors (Lipinski definition) is 2. The van der Waals surface area contributed by atoms with Crippen LogP contribution in [0.2, 0.25) is 0 Å². The molecule has 1 aliphatic carbocycles. The third kappa shape index (κ3) is 2.91. The van der Waals surface area contributed by atoms with Crippen LogP contribution in [0.1, 0.15) is 36.2 Å². The van der Waals surface area contributed by atoms with Crippen molar-refractivity contribution in [1.29, 1.82) is 0 Å². The Morgan fingerprint density at radius 2 is 2.20 bits per heavy atom. The molecular weight excluding hydrogens is 276 g/mol. The topological polar surface area (TPSA) is 75.4 Å². The van der Waals surface area contributed by atoms with Gasteiger partial charge >= 0.3 is 0 Å². The predicted molar refractivity (Wildman–Crippen MR) is 75.5 cm³/mol. The van der Waals surface area contributed by atoms with Gasteiger partial charge in [-0.05, 0) is 31.7 Å². The molecule has 0 unspecified atom stereocenters. The molecule has 2 N–H and O–H groups in total. The van der Waals surface area contributed by atoms with Crippen molar-refractivity contribution in [3.05, 3.63) is 29.7 Å². The van der Waals surface area contributed by atoms with Crippen molar-refractivity contribution < 1.29 is 14.3 Å². The molecule has 5 nitrogen and oxygen atoms in total. The second kappa shape index (κ2) is 5.76. The normalized spacial score (nSPS) is 22.6. The molecule has 20 heavy (non-hydrogen) atoms. The minimum atomic E-state index is -0.213. The lowest BCUT2D eigenvalue weighted by Gasteiger charge is -2.25. The number of nitrogens with one attached hydrogen (secondary N) is 1. The molecule has 1 fully saturated rings. The van der Waals surface area contributed by atoms with Crippen molar-refractivity contribution in [2.75, 3.05) is 0 Å². The highest BCUT2D eigenvalue weighted by atomic mass is 32.1. The minimum Gasteiger partial charge on any atom is -0.472 e. The largest absolute Gasteiger partial charge is 0.472 e. The van der Waals surface area contributed by atoms with Gasteiger partial charge in [-0.2, -0.15) is 0 Å². The van der Waals surface area contributed by atoms with Gasteiger partial charge in [0, 0.05) is 17.0 Å². The number of furan rings is 1. The summed E-state index contributed by atoms with van der Waals surface area (Å²) in [4.78, 5) is 16.5. The highest BCUT2D eigenvalue weighted by molar-refractivity contribution is 7.13. The van der Waals surface area contributed by atoms with E-state index in [1.807, 2.05) is 6.07 Å². The van der Waals surface area contributed by atoms with E-state index in [0.717, 1.165) is 36.3 Å². The summed E-state index contributed by atoms with van der Waals surface area (Å²) in [6.07, 6.45) is 6.14. The van der Waals surface area contributed by atoms with Gasteiger partial charge in [-0.1, -0.05) is 0 Å². The molecule has 0 bridgehead atoms. The van der Waals surface area contributed by atoms with Gasteiger partial charge in [0.1, 0.15) is 17.0 Å². The van der Waals surface area contributed by atoms with Crippen molar-refractivity contribution in [1.82, 2.24) is 10.3 Å². The van der Waals surface area contributed by atoms with Crippen LogP contribution >= 0.6 is 11.3 Å². The van der Waals surface area contributed by atoms with Crippen LogP contribution in [0.3, 0.4) is 0 Å². The Morgan fingerprint density at radius 3 is 2.90 bits per heavy atom. The molecule has 0 atom stereocenters. The summed E-state index contributed by atoms with van der Waals surface area (Å²) >= 11 is 1.43. The second-order valence-electron chi connectivity index (χ2n) is 5.03. The smallest absolute Gasteiger partial charge is 0.270 e. The van der Waals surface area contributed by atoms with Crippen LogP contribution in [-0.4, -0.2) is 28.1 Å². The van der Waals surface area contributed by atoms with Gasteiger partial charge in [0.05, 0.1) is 12.4 Å². The van der Waals surface area contributed by atoms with Crippen molar-refractivity contribution in [2.24, 2.45) is 0 Å². The molecule has 0 spiro atoms. The highest BCUT2D eigenvalue weighted by Gasteiger charge is 2.22. The molecule has 1 amide bonds. The van der Waals surface area contributed by atoms with E-state index in [1.54, 1.807) is 17.9 Å². The van der Waals surface area contributed by atoms with Gasteiger partial charge in [0.15, 0.2) is 0 Å². The number of carbonyl (C=O) groups excluding carboxylic acids is 1. The zero-order valence-electron chi connectivity index (χ0n) is 10.9. The summed E-state index contributed by atoms with van der Waals surface area (Å²) in [5.74, 6) is -0.141. The first-order chi connectivity index (χ1) is 9.72. The van der Waals surface area contributed by atoms with Gasteiger partial charge in [-0.15, -0.1) is 11.3 Å². The number of carbonyl (C=O) groups is 1. The number of nitrogens with zero attached hydrogens (tertiary/aromatic N) is 1. The lowest BCUT2D eigenvalue weighted by molar-refractivity contribution is 0.0864. The van der Waals surface area contributed by atoms with Crippen molar-refractivity contribution >= 4 is 17.2 Å². The maximum Gasteiger partial charge on any atom is 0.270 e. The number of rotatable bonds is 3. The molecule has 106 valence electrons. The zero-order chi connectivity index (χ0) is 13.9. The van der Waals surface area contributed by atoms with Gasteiger partial charge in [0.25, 0.3) is 5.91 Å². The third-order valence-electron chi connectivity index (χ3n) is 3.54. The summed E-state index contributed by atoms with van der Waals surface area (Å²) in [6, 6.07) is 1.97. The number of aromatic nitrogens is 1. The zero-order valence-corrected chi connectivity index (χ0v) is 11.7. The Kier molecular flexibility index (Phi) is 3.84. The summed E-state index contributed by atoms with van der Waals surface area (Å²) in [6.45, 7) is 0. The van der Waals surface area contributed by atoms with Gasteiger partial charge in [-0.25, -0.2) is 4.98 Å². The van der Waals surface area contributed by atoms with E-state index >= 15 is 0 Å². The molecule has 2 heterocycles. The Bertz CT molecular complexity index is 571. The Morgan fingerprint density at radius 1 is 1.40 bits per heavy atom.